The van der Waals surface area contributed by atoms with Crippen molar-refractivity contribution in [3.8, 4) is 0 Å². The van der Waals surface area contributed by atoms with Crippen LogP contribution in [0.4, 0.5) is 0 Å². The number of likely N-dealkylation sites (tertiary alicyclic amines) is 1. The van der Waals surface area contributed by atoms with Crippen LogP contribution in [0.3, 0.4) is 0 Å². The lowest BCUT2D eigenvalue weighted by molar-refractivity contribution is -0.149. The smallest absolute Gasteiger partial charge is 0.309 e. The van der Waals surface area contributed by atoms with Crippen molar-refractivity contribution in [1.82, 2.24) is 10.2 Å². The Balaban J connectivity index is 1.87. The molecule has 1 fully saturated rings. The van der Waals surface area contributed by atoms with Crippen molar-refractivity contribution in [3.05, 3.63) is 33.4 Å². The van der Waals surface area contributed by atoms with E-state index in [1.165, 1.54) is 0 Å². The normalized spacial score (nSPS) is 15.1. The van der Waals surface area contributed by atoms with Crippen LogP contribution in [0.2, 0.25) is 0 Å². The van der Waals surface area contributed by atoms with E-state index >= 15 is 0 Å². The molecule has 0 aliphatic carbocycles. The third-order valence-corrected chi connectivity index (χ3v) is 5.04. The summed E-state index contributed by atoms with van der Waals surface area (Å²) >= 11 is 7.45. The number of amides is 1. The van der Waals surface area contributed by atoms with Gasteiger partial charge in [-0.3, -0.25) is 14.9 Å². The number of thiocarbonyl (C=S) groups is 1. The molecule has 0 atom stereocenters. The molecule has 1 aliphatic heterocycles. The van der Waals surface area contributed by atoms with Gasteiger partial charge in [0.1, 0.15) is 0 Å². The SMILES string of the molecule is CCOC(=O)C1CCN(C(=S)NC(=O)c2ccccc2I)CC1. The number of nitrogens with zero attached hydrogens (tertiary/aromatic N) is 1. The minimum Gasteiger partial charge on any atom is -0.466 e. The molecule has 5 nitrogen and oxygen atoms in total. The number of esters is 1. The van der Waals surface area contributed by atoms with Crippen molar-refractivity contribution in [3.63, 3.8) is 0 Å². The molecule has 1 aromatic rings. The second kappa shape index (κ2) is 8.58. The fourth-order valence-corrected chi connectivity index (χ4v) is 3.37. The molecule has 0 radical (unpaired) electrons. The number of carbonyl (C=O) groups excluding carboxylic acids is 2. The Hall–Kier alpha value is -1.22. The molecule has 0 bridgehead atoms. The molecule has 0 aromatic heterocycles. The van der Waals surface area contributed by atoms with Crippen LogP contribution in [0.5, 0.6) is 0 Å². The van der Waals surface area contributed by atoms with E-state index in [0.717, 1.165) is 3.57 Å². The van der Waals surface area contributed by atoms with E-state index < -0.39 is 0 Å². The highest BCUT2D eigenvalue weighted by molar-refractivity contribution is 14.1. The number of piperidine rings is 1. The third-order valence-electron chi connectivity index (χ3n) is 3.74. The van der Waals surface area contributed by atoms with Gasteiger partial charge in [-0.15, -0.1) is 0 Å². The van der Waals surface area contributed by atoms with E-state index in [4.69, 9.17) is 17.0 Å². The quantitative estimate of drug-likeness (QED) is 0.440. The van der Waals surface area contributed by atoms with Gasteiger partial charge in [0.15, 0.2) is 5.11 Å². The first-order valence-electron chi connectivity index (χ1n) is 7.54. The summed E-state index contributed by atoms with van der Waals surface area (Å²) in [5.41, 5.74) is 0.608. The van der Waals surface area contributed by atoms with Gasteiger partial charge < -0.3 is 9.64 Å². The van der Waals surface area contributed by atoms with E-state index in [9.17, 15) is 9.59 Å². The van der Waals surface area contributed by atoms with Gasteiger partial charge in [0, 0.05) is 16.7 Å². The number of benzene rings is 1. The highest BCUT2D eigenvalue weighted by atomic mass is 127. The molecule has 0 unspecified atom stereocenters. The minimum atomic E-state index is -0.201. The zero-order valence-electron chi connectivity index (χ0n) is 12.9. The molecular formula is C16H19IN2O3S. The first-order chi connectivity index (χ1) is 11.0. The molecule has 23 heavy (non-hydrogen) atoms. The third kappa shape index (κ3) is 4.87. The van der Waals surface area contributed by atoms with Crippen molar-refractivity contribution in [1.29, 1.82) is 0 Å². The standard InChI is InChI=1S/C16H19IN2O3S/c1-2-22-15(21)11-7-9-19(10-8-11)16(23)18-14(20)12-5-3-4-6-13(12)17/h3-6,11H,2,7-10H2,1H3,(H,18,20,23). The maximum absolute atomic E-state index is 12.3. The maximum Gasteiger partial charge on any atom is 0.309 e. The highest BCUT2D eigenvalue weighted by Crippen LogP contribution is 2.19. The number of hydrogen-bond acceptors (Lipinski definition) is 4. The molecule has 2 rings (SSSR count). The van der Waals surface area contributed by atoms with Gasteiger partial charge in [0.25, 0.3) is 5.91 Å². The summed E-state index contributed by atoms with van der Waals surface area (Å²) in [5, 5.41) is 3.19. The van der Waals surface area contributed by atoms with Gasteiger partial charge in [-0.25, -0.2) is 0 Å². The maximum atomic E-state index is 12.3. The van der Waals surface area contributed by atoms with Crippen LogP contribution in [0, 0.1) is 9.49 Å². The number of carbonyl (C=O) groups is 2. The summed E-state index contributed by atoms with van der Waals surface area (Å²) in [4.78, 5) is 25.9. The molecule has 1 N–H and O–H groups in total. The first kappa shape index (κ1) is 18.1. The lowest BCUT2D eigenvalue weighted by Gasteiger charge is -2.32. The van der Waals surface area contributed by atoms with Crippen LogP contribution in [0.1, 0.15) is 30.1 Å². The van der Waals surface area contributed by atoms with Crippen LogP contribution in [-0.2, 0) is 9.53 Å². The number of nitrogens with one attached hydrogen (secondary N) is 1. The second-order valence-electron chi connectivity index (χ2n) is 5.25. The van der Waals surface area contributed by atoms with Gasteiger partial charge in [0.05, 0.1) is 18.1 Å². The van der Waals surface area contributed by atoms with Crippen molar-refractivity contribution < 1.29 is 14.3 Å². The predicted octanol–water partition coefficient (Wildman–Crippen LogP) is 2.58. The first-order valence-corrected chi connectivity index (χ1v) is 9.03. The molecule has 1 amide bonds. The van der Waals surface area contributed by atoms with E-state index in [-0.39, 0.29) is 17.8 Å². The van der Waals surface area contributed by atoms with Gasteiger partial charge in [-0.1, -0.05) is 12.1 Å². The molecule has 0 spiro atoms. The fourth-order valence-electron chi connectivity index (χ4n) is 2.47. The molecular weight excluding hydrogens is 427 g/mol. The molecule has 0 saturated carbocycles. The van der Waals surface area contributed by atoms with Crippen molar-refractivity contribution in [2.75, 3.05) is 19.7 Å². The Kier molecular flexibility index (Phi) is 6.76. The Morgan fingerprint density at radius 2 is 2.00 bits per heavy atom. The van der Waals surface area contributed by atoms with Crippen LogP contribution in [-0.4, -0.2) is 41.6 Å². The highest BCUT2D eigenvalue weighted by Gasteiger charge is 2.27. The number of halogens is 1. The van der Waals surface area contributed by atoms with Crippen LogP contribution in [0.25, 0.3) is 0 Å². The summed E-state index contributed by atoms with van der Waals surface area (Å²) in [6, 6.07) is 7.36. The fraction of sp³-hybridized carbons (Fsp3) is 0.438. The van der Waals surface area contributed by atoms with E-state index in [2.05, 4.69) is 27.9 Å². The van der Waals surface area contributed by atoms with Gasteiger partial charge in [-0.2, -0.15) is 0 Å². The van der Waals surface area contributed by atoms with E-state index in [1.54, 1.807) is 6.07 Å². The number of ether oxygens (including phenoxy) is 1. The van der Waals surface area contributed by atoms with Gasteiger partial charge >= 0.3 is 5.97 Å². The molecule has 124 valence electrons. The largest absolute Gasteiger partial charge is 0.466 e. The van der Waals surface area contributed by atoms with Crippen LogP contribution < -0.4 is 5.32 Å². The number of hydrogen-bond donors (Lipinski definition) is 1. The summed E-state index contributed by atoms with van der Waals surface area (Å²) < 4.78 is 5.93. The average molecular weight is 446 g/mol. The summed E-state index contributed by atoms with van der Waals surface area (Å²) in [7, 11) is 0. The van der Waals surface area contributed by atoms with Crippen LogP contribution in [0.15, 0.2) is 24.3 Å². The summed E-state index contributed by atoms with van der Waals surface area (Å²) in [6.45, 7) is 3.51. The molecule has 1 aromatic carbocycles. The Bertz CT molecular complexity index is 601. The monoisotopic (exact) mass is 446 g/mol. The second-order valence-corrected chi connectivity index (χ2v) is 6.80. The van der Waals surface area contributed by atoms with E-state index in [0.29, 0.717) is 43.2 Å². The van der Waals surface area contributed by atoms with Crippen LogP contribution >= 0.6 is 34.8 Å². The zero-order valence-corrected chi connectivity index (χ0v) is 15.9. The molecule has 7 heteroatoms. The Morgan fingerprint density at radius 1 is 1.35 bits per heavy atom. The molecule has 1 heterocycles. The Labute approximate surface area is 154 Å². The zero-order chi connectivity index (χ0) is 16.8. The molecule has 1 saturated heterocycles. The van der Waals surface area contributed by atoms with Crippen molar-refractivity contribution in [2.24, 2.45) is 5.92 Å². The van der Waals surface area contributed by atoms with Gasteiger partial charge in [-0.05, 0) is 66.7 Å². The molecule has 1 aliphatic rings. The minimum absolute atomic E-state index is 0.0697. The lowest BCUT2D eigenvalue weighted by Crippen LogP contribution is -2.47. The summed E-state index contributed by atoms with van der Waals surface area (Å²) in [5.74, 6) is -0.409. The predicted molar refractivity (Wildman–Crippen MR) is 100 cm³/mol. The Morgan fingerprint density at radius 3 is 2.61 bits per heavy atom. The van der Waals surface area contributed by atoms with Crippen molar-refractivity contribution in [2.45, 2.75) is 19.8 Å². The van der Waals surface area contributed by atoms with Gasteiger partial charge in [0.2, 0.25) is 0 Å². The summed E-state index contributed by atoms with van der Waals surface area (Å²) in [6.07, 6.45) is 1.38. The topological polar surface area (TPSA) is 58.6 Å². The average Bonchev–Trinajstić information content (AvgIpc) is 2.55. The number of rotatable bonds is 3. The van der Waals surface area contributed by atoms with Crippen molar-refractivity contribution >= 4 is 51.8 Å². The van der Waals surface area contributed by atoms with E-state index in [1.807, 2.05) is 30.0 Å². The lowest BCUT2D eigenvalue weighted by atomic mass is 9.97.